The molecule has 0 bridgehead atoms. The van der Waals surface area contributed by atoms with E-state index in [4.69, 9.17) is 5.73 Å². The fourth-order valence-electron chi connectivity index (χ4n) is 2.29. The van der Waals surface area contributed by atoms with Crippen molar-refractivity contribution < 1.29 is 4.79 Å². The lowest BCUT2D eigenvalue weighted by Gasteiger charge is -2.17. The second kappa shape index (κ2) is 6.90. The standard InChI is InChI=1S/C15H18N8O/c1-21(14(24)11-23-15(16)18-19-20-23)10-13-17-7-8-22(13)9-12-5-3-2-4-6-12/h2-8H,9-11H2,1H3,(H2,16,18,20). The number of imidazole rings is 1. The highest BCUT2D eigenvalue weighted by Gasteiger charge is 2.15. The van der Waals surface area contributed by atoms with Crippen LogP contribution in [0.15, 0.2) is 42.7 Å². The molecule has 1 amide bonds. The SMILES string of the molecule is CN(Cc1nccn1Cc1ccccc1)C(=O)Cn1nnnc1N. The van der Waals surface area contributed by atoms with Crippen molar-refractivity contribution in [3.63, 3.8) is 0 Å². The molecule has 0 fully saturated rings. The van der Waals surface area contributed by atoms with E-state index in [1.54, 1.807) is 18.1 Å². The Hall–Kier alpha value is -3.23. The van der Waals surface area contributed by atoms with E-state index in [1.165, 1.54) is 10.2 Å². The number of benzene rings is 1. The number of hydrogen-bond acceptors (Lipinski definition) is 6. The molecule has 0 atom stereocenters. The van der Waals surface area contributed by atoms with E-state index >= 15 is 0 Å². The van der Waals surface area contributed by atoms with Gasteiger partial charge >= 0.3 is 0 Å². The van der Waals surface area contributed by atoms with Crippen LogP contribution in [0.1, 0.15) is 11.4 Å². The van der Waals surface area contributed by atoms with E-state index in [9.17, 15) is 4.79 Å². The Kier molecular flexibility index (Phi) is 4.50. The zero-order valence-electron chi connectivity index (χ0n) is 13.3. The fraction of sp³-hybridized carbons (Fsp3) is 0.267. The van der Waals surface area contributed by atoms with Crippen molar-refractivity contribution in [2.24, 2.45) is 0 Å². The lowest BCUT2D eigenvalue weighted by molar-refractivity contribution is -0.131. The van der Waals surface area contributed by atoms with E-state index < -0.39 is 0 Å². The molecule has 0 aliphatic carbocycles. The maximum atomic E-state index is 12.3. The Balaban J connectivity index is 1.64. The number of anilines is 1. The highest BCUT2D eigenvalue weighted by Crippen LogP contribution is 2.08. The minimum atomic E-state index is -0.150. The molecule has 2 heterocycles. The molecule has 2 aromatic heterocycles. The minimum Gasteiger partial charge on any atom is -0.367 e. The van der Waals surface area contributed by atoms with Gasteiger partial charge in [-0.3, -0.25) is 4.79 Å². The van der Waals surface area contributed by atoms with Crippen LogP contribution in [0.3, 0.4) is 0 Å². The Morgan fingerprint density at radius 2 is 2.08 bits per heavy atom. The second-order valence-corrected chi connectivity index (χ2v) is 5.40. The molecule has 0 unspecified atom stereocenters. The Bertz CT molecular complexity index is 810. The first kappa shape index (κ1) is 15.7. The van der Waals surface area contributed by atoms with Gasteiger partial charge in [0.05, 0.1) is 6.54 Å². The molecule has 0 aliphatic heterocycles. The first-order valence-electron chi connectivity index (χ1n) is 7.43. The second-order valence-electron chi connectivity index (χ2n) is 5.40. The van der Waals surface area contributed by atoms with Crippen LogP contribution in [0.25, 0.3) is 0 Å². The van der Waals surface area contributed by atoms with Gasteiger partial charge in [-0.05, 0) is 16.0 Å². The van der Waals surface area contributed by atoms with Crippen LogP contribution >= 0.6 is 0 Å². The largest absolute Gasteiger partial charge is 0.367 e. The normalized spacial score (nSPS) is 10.7. The van der Waals surface area contributed by atoms with Gasteiger partial charge in [-0.25, -0.2) is 9.67 Å². The Morgan fingerprint density at radius 1 is 1.29 bits per heavy atom. The predicted molar refractivity (Wildman–Crippen MR) is 86.5 cm³/mol. The van der Waals surface area contributed by atoms with Crippen LogP contribution in [0.4, 0.5) is 5.95 Å². The van der Waals surface area contributed by atoms with Gasteiger partial charge in [0.2, 0.25) is 11.9 Å². The summed E-state index contributed by atoms with van der Waals surface area (Å²) in [5.41, 5.74) is 6.75. The Morgan fingerprint density at radius 3 is 2.79 bits per heavy atom. The number of nitrogens with zero attached hydrogens (tertiary/aromatic N) is 7. The van der Waals surface area contributed by atoms with Crippen LogP contribution in [0, 0.1) is 0 Å². The Labute approximate surface area is 138 Å². The molecule has 0 saturated heterocycles. The third-order valence-corrected chi connectivity index (χ3v) is 3.65. The third kappa shape index (κ3) is 3.57. The summed E-state index contributed by atoms with van der Waals surface area (Å²) >= 11 is 0. The molecule has 2 N–H and O–H groups in total. The van der Waals surface area contributed by atoms with Gasteiger partial charge in [0.1, 0.15) is 12.4 Å². The maximum Gasteiger partial charge on any atom is 0.244 e. The van der Waals surface area contributed by atoms with E-state index in [-0.39, 0.29) is 18.4 Å². The van der Waals surface area contributed by atoms with E-state index in [2.05, 4.69) is 32.6 Å². The van der Waals surface area contributed by atoms with Gasteiger partial charge in [-0.1, -0.05) is 35.4 Å². The zero-order valence-corrected chi connectivity index (χ0v) is 13.3. The summed E-state index contributed by atoms with van der Waals surface area (Å²) in [5.74, 6) is 0.768. The highest BCUT2D eigenvalue weighted by molar-refractivity contribution is 5.75. The summed E-state index contributed by atoms with van der Waals surface area (Å²) in [6, 6.07) is 10.1. The molecule has 1 aromatic carbocycles. The monoisotopic (exact) mass is 326 g/mol. The van der Waals surface area contributed by atoms with Crippen molar-refractivity contribution in [1.82, 2.24) is 34.7 Å². The molecule has 0 radical (unpaired) electrons. The molecule has 24 heavy (non-hydrogen) atoms. The predicted octanol–water partition coefficient (Wildman–Crippen LogP) is 0.159. The van der Waals surface area contributed by atoms with E-state index in [0.717, 1.165) is 5.82 Å². The number of likely N-dealkylation sites (N-methyl/N-ethyl adjacent to an activating group) is 1. The number of hydrogen-bond donors (Lipinski definition) is 1. The van der Waals surface area contributed by atoms with Crippen molar-refractivity contribution in [2.45, 2.75) is 19.6 Å². The first-order valence-corrected chi connectivity index (χ1v) is 7.43. The molecule has 0 spiro atoms. The third-order valence-electron chi connectivity index (χ3n) is 3.65. The molecule has 9 nitrogen and oxygen atoms in total. The summed E-state index contributed by atoms with van der Waals surface area (Å²) in [6.45, 7) is 1.09. The van der Waals surface area contributed by atoms with Crippen molar-refractivity contribution in [3.05, 3.63) is 54.1 Å². The molecule has 9 heteroatoms. The number of tetrazole rings is 1. The minimum absolute atomic E-state index is 0.00523. The van der Waals surface area contributed by atoms with Gasteiger partial charge in [-0.15, -0.1) is 0 Å². The lowest BCUT2D eigenvalue weighted by atomic mass is 10.2. The fourth-order valence-corrected chi connectivity index (χ4v) is 2.29. The van der Waals surface area contributed by atoms with Crippen LogP contribution in [-0.2, 0) is 24.4 Å². The molecular formula is C15H18N8O. The van der Waals surface area contributed by atoms with Gasteiger partial charge < -0.3 is 15.2 Å². The van der Waals surface area contributed by atoms with Gasteiger partial charge in [0.15, 0.2) is 0 Å². The topological polar surface area (TPSA) is 108 Å². The quantitative estimate of drug-likeness (QED) is 0.691. The molecule has 3 rings (SSSR count). The number of aromatic nitrogens is 6. The number of carbonyl (C=O) groups is 1. The number of nitrogens with two attached hydrogens (primary N) is 1. The van der Waals surface area contributed by atoms with Crippen LogP contribution in [-0.4, -0.2) is 47.6 Å². The first-order chi connectivity index (χ1) is 11.6. The number of nitrogen functional groups attached to an aromatic ring is 1. The average Bonchev–Trinajstić information content (AvgIpc) is 3.18. The summed E-state index contributed by atoms with van der Waals surface area (Å²) in [4.78, 5) is 18.2. The van der Waals surface area contributed by atoms with Gasteiger partial charge in [0, 0.05) is 26.0 Å². The van der Waals surface area contributed by atoms with Crippen LogP contribution in [0.2, 0.25) is 0 Å². The van der Waals surface area contributed by atoms with Gasteiger partial charge in [-0.2, -0.15) is 0 Å². The average molecular weight is 326 g/mol. The zero-order chi connectivity index (χ0) is 16.9. The molecule has 3 aromatic rings. The highest BCUT2D eigenvalue weighted by atomic mass is 16.2. The van der Waals surface area contributed by atoms with Crippen LogP contribution < -0.4 is 5.73 Å². The number of carbonyl (C=O) groups excluding carboxylic acids is 1. The summed E-state index contributed by atoms with van der Waals surface area (Å²) in [7, 11) is 1.71. The number of amides is 1. The van der Waals surface area contributed by atoms with E-state index in [1.807, 2.05) is 29.0 Å². The summed E-state index contributed by atoms with van der Waals surface area (Å²) < 4.78 is 3.28. The van der Waals surface area contributed by atoms with Gasteiger partial charge in [0.25, 0.3) is 0 Å². The van der Waals surface area contributed by atoms with Crippen molar-refractivity contribution >= 4 is 11.9 Å². The number of rotatable bonds is 6. The summed E-state index contributed by atoms with van der Waals surface area (Å²) in [5, 5.41) is 10.7. The van der Waals surface area contributed by atoms with Crippen LogP contribution in [0.5, 0.6) is 0 Å². The van der Waals surface area contributed by atoms with Crippen molar-refractivity contribution in [3.8, 4) is 0 Å². The molecule has 124 valence electrons. The lowest BCUT2D eigenvalue weighted by Crippen LogP contribution is -2.31. The maximum absolute atomic E-state index is 12.3. The molecular weight excluding hydrogens is 308 g/mol. The molecule has 0 aliphatic rings. The molecule has 0 saturated carbocycles. The summed E-state index contributed by atoms with van der Waals surface area (Å²) in [6.07, 6.45) is 3.63. The van der Waals surface area contributed by atoms with E-state index in [0.29, 0.717) is 13.1 Å². The smallest absolute Gasteiger partial charge is 0.244 e. The van der Waals surface area contributed by atoms with Crippen molar-refractivity contribution in [1.29, 1.82) is 0 Å². The van der Waals surface area contributed by atoms with Crippen molar-refractivity contribution in [2.75, 3.05) is 12.8 Å².